The Labute approximate surface area is 181 Å². The van der Waals surface area contributed by atoms with Crippen LogP contribution in [-0.2, 0) is 7.05 Å². The van der Waals surface area contributed by atoms with Gasteiger partial charge in [0.25, 0.3) is 0 Å². The third-order valence-corrected chi connectivity index (χ3v) is 6.86. The lowest BCUT2D eigenvalue weighted by atomic mass is 10.00. The number of nitrogens with two attached hydrogens (primary N) is 2. The van der Waals surface area contributed by atoms with E-state index >= 15 is 0 Å². The first-order valence-electron chi connectivity index (χ1n) is 10.5. The van der Waals surface area contributed by atoms with E-state index in [-0.39, 0.29) is 6.04 Å². The van der Waals surface area contributed by atoms with E-state index in [0.29, 0.717) is 34.2 Å². The molecule has 5 rings (SSSR count). The first-order chi connectivity index (χ1) is 14.5. The molecule has 2 fully saturated rings. The van der Waals surface area contributed by atoms with E-state index < -0.39 is 0 Å². The fraction of sp³-hybridized carbons (Fsp3) is 0.348. The van der Waals surface area contributed by atoms with Crippen LogP contribution in [0.3, 0.4) is 0 Å². The van der Waals surface area contributed by atoms with Gasteiger partial charge < -0.3 is 21.4 Å². The number of nitrogens with zero attached hydrogens (tertiary/aromatic N) is 3. The van der Waals surface area contributed by atoms with Crippen molar-refractivity contribution in [1.29, 1.82) is 0 Å². The van der Waals surface area contributed by atoms with E-state index in [0.717, 1.165) is 29.8 Å². The number of halogens is 1. The number of aryl methyl sites for hydroxylation is 1. The molecule has 4 heterocycles. The quantitative estimate of drug-likeness (QED) is 0.594. The van der Waals surface area contributed by atoms with Crippen LogP contribution >= 0.6 is 11.6 Å². The van der Waals surface area contributed by atoms with Gasteiger partial charge in [0.05, 0.1) is 28.0 Å². The zero-order valence-electron chi connectivity index (χ0n) is 17.1. The predicted molar refractivity (Wildman–Crippen MR) is 123 cm³/mol. The number of anilines is 1. The van der Waals surface area contributed by atoms with Crippen molar-refractivity contribution in [2.24, 2.45) is 12.8 Å². The molecule has 156 valence electrons. The highest BCUT2D eigenvalue weighted by Gasteiger charge is 2.36. The number of hydrogen-bond donors (Lipinski definition) is 3. The molecule has 7 heteroatoms. The summed E-state index contributed by atoms with van der Waals surface area (Å²) in [6, 6.07) is 15.1. The zero-order chi connectivity index (χ0) is 20.8. The molecule has 0 radical (unpaired) electrons. The molecule has 2 saturated heterocycles. The lowest BCUT2D eigenvalue weighted by Crippen LogP contribution is -2.39. The fourth-order valence-corrected chi connectivity index (χ4v) is 5.23. The summed E-state index contributed by atoms with van der Waals surface area (Å²) in [5, 5.41) is 9.13. The molecule has 0 amide bonds. The molecule has 2 bridgehead atoms. The van der Waals surface area contributed by atoms with Crippen LogP contribution in [0.1, 0.15) is 42.9 Å². The van der Waals surface area contributed by atoms with Gasteiger partial charge in [-0.2, -0.15) is 5.10 Å². The zero-order valence-corrected chi connectivity index (χ0v) is 17.8. The number of rotatable bonds is 4. The predicted octanol–water partition coefficient (Wildman–Crippen LogP) is 3.95. The molecule has 0 spiro atoms. The third kappa shape index (κ3) is 3.20. The molecule has 0 saturated carbocycles. The van der Waals surface area contributed by atoms with Crippen molar-refractivity contribution < 1.29 is 0 Å². The Morgan fingerprint density at radius 1 is 1.10 bits per heavy atom. The molecule has 2 aromatic heterocycles. The Hall–Kier alpha value is -2.70. The van der Waals surface area contributed by atoms with Crippen LogP contribution in [0.5, 0.6) is 0 Å². The summed E-state index contributed by atoms with van der Waals surface area (Å²) in [7, 11) is 2.00. The number of fused-ring (bicyclic) bond motifs is 2. The van der Waals surface area contributed by atoms with E-state index in [1.807, 2.05) is 65.0 Å². The first-order valence-corrected chi connectivity index (χ1v) is 10.9. The van der Waals surface area contributed by atoms with Crippen LogP contribution in [-0.4, -0.2) is 26.4 Å². The summed E-state index contributed by atoms with van der Waals surface area (Å²) in [5.74, 6) is 0.585. The second-order valence-electron chi connectivity index (χ2n) is 8.41. The molecule has 2 unspecified atom stereocenters. The maximum Gasteiger partial charge on any atom is 0.131 e. The van der Waals surface area contributed by atoms with Crippen LogP contribution in [0.25, 0.3) is 22.1 Å². The van der Waals surface area contributed by atoms with Crippen LogP contribution in [0.15, 0.2) is 48.7 Å². The van der Waals surface area contributed by atoms with Crippen molar-refractivity contribution in [2.75, 3.05) is 5.73 Å². The van der Waals surface area contributed by atoms with Gasteiger partial charge in [-0.25, -0.2) is 4.68 Å². The minimum atomic E-state index is 0.263. The highest BCUT2D eigenvalue weighted by atomic mass is 35.5. The summed E-state index contributed by atoms with van der Waals surface area (Å²) >= 11 is 6.89. The summed E-state index contributed by atoms with van der Waals surface area (Å²) in [4.78, 5) is 0. The van der Waals surface area contributed by atoms with Crippen molar-refractivity contribution in [3.8, 4) is 11.4 Å². The number of aromatic nitrogens is 3. The topological polar surface area (TPSA) is 86.8 Å². The Morgan fingerprint density at radius 2 is 1.80 bits per heavy atom. The Morgan fingerprint density at radius 3 is 2.43 bits per heavy atom. The summed E-state index contributed by atoms with van der Waals surface area (Å²) in [5.41, 5.74) is 17.0. The standard InChI is InChI=1S/C23H27ClN6/c1-29-11-5-8-18(29)22-19(20(24)21(25)14-6-3-2-4-7-14)23(26)30(28-22)17-12-15-9-10-16(13-17)27-15/h2-8,11,15-17,27H,9-10,12-13,25-26H2,1H3/b21-20+/t15-,16?,17?/m1/s1. The minimum absolute atomic E-state index is 0.263. The van der Waals surface area contributed by atoms with Crippen molar-refractivity contribution in [3.05, 3.63) is 59.8 Å². The normalized spacial score (nSPS) is 24.1. The minimum Gasteiger partial charge on any atom is -0.397 e. The Bertz CT molecular complexity index is 1080. The van der Waals surface area contributed by atoms with Gasteiger partial charge in [0, 0.05) is 25.3 Å². The van der Waals surface area contributed by atoms with E-state index in [1.165, 1.54) is 12.8 Å². The van der Waals surface area contributed by atoms with Crippen LogP contribution in [0.2, 0.25) is 0 Å². The second-order valence-corrected chi connectivity index (χ2v) is 8.79. The molecule has 0 aliphatic carbocycles. The second kappa shape index (κ2) is 7.52. The van der Waals surface area contributed by atoms with E-state index in [4.69, 9.17) is 28.2 Å². The lowest BCUT2D eigenvalue weighted by molar-refractivity contribution is 0.285. The largest absolute Gasteiger partial charge is 0.397 e. The SMILES string of the molecule is Cn1cccc1-c1nn(C2CC3CC[C@H](C2)N3)c(N)c1/C(Cl)=C(\N)c1ccccc1. The Balaban J connectivity index is 1.66. The molecule has 30 heavy (non-hydrogen) atoms. The fourth-order valence-electron chi connectivity index (χ4n) is 4.93. The summed E-state index contributed by atoms with van der Waals surface area (Å²) in [6.45, 7) is 0. The molecule has 1 aromatic carbocycles. The molecular formula is C23H27ClN6. The number of nitrogen functional groups attached to an aromatic ring is 1. The first kappa shape index (κ1) is 19.3. The van der Waals surface area contributed by atoms with Crippen LogP contribution < -0.4 is 16.8 Å². The molecule has 3 atom stereocenters. The van der Waals surface area contributed by atoms with Gasteiger partial charge in [0.1, 0.15) is 11.5 Å². The van der Waals surface area contributed by atoms with Crippen molar-refractivity contribution in [3.63, 3.8) is 0 Å². The van der Waals surface area contributed by atoms with Gasteiger partial charge in [0.2, 0.25) is 0 Å². The van der Waals surface area contributed by atoms with Gasteiger partial charge >= 0.3 is 0 Å². The van der Waals surface area contributed by atoms with Crippen molar-refractivity contribution >= 4 is 28.1 Å². The monoisotopic (exact) mass is 422 g/mol. The van der Waals surface area contributed by atoms with Gasteiger partial charge in [-0.3, -0.25) is 0 Å². The Kier molecular flexibility index (Phi) is 4.83. The molecule has 6 nitrogen and oxygen atoms in total. The number of nitrogens with one attached hydrogen (secondary N) is 1. The molecule has 2 aliphatic heterocycles. The van der Waals surface area contributed by atoms with E-state index in [2.05, 4.69) is 5.32 Å². The van der Waals surface area contributed by atoms with Gasteiger partial charge in [-0.1, -0.05) is 41.9 Å². The summed E-state index contributed by atoms with van der Waals surface area (Å²) in [6.07, 6.45) is 6.51. The molecule has 5 N–H and O–H groups in total. The van der Waals surface area contributed by atoms with Crippen molar-refractivity contribution in [2.45, 2.75) is 43.8 Å². The maximum atomic E-state index is 6.89. The van der Waals surface area contributed by atoms with Crippen LogP contribution in [0, 0.1) is 0 Å². The third-order valence-electron chi connectivity index (χ3n) is 6.47. The van der Waals surface area contributed by atoms with E-state index in [9.17, 15) is 0 Å². The maximum absolute atomic E-state index is 6.89. The number of hydrogen-bond acceptors (Lipinski definition) is 4. The molecule has 3 aromatic rings. The van der Waals surface area contributed by atoms with Crippen molar-refractivity contribution in [1.82, 2.24) is 19.7 Å². The van der Waals surface area contributed by atoms with Gasteiger partial charge in [0.15, 0.2) is 0 Å². The molecular weight excluding hydrogens is 396 g/mol. The number of piperidine rings is 1. The highest BCUT2D eigenvalue weighted by molar-refractivity contribution is 6.53. The highest BCUT2D eigenvalue weighted by Crippen LogP contribution is 2.42. The van der Waals surface area contributed by atoms with Crippen LogP contribution in [0.4, 0.5) is 5.82 Å². The molecule has 2 aliphatic rings. The van der Waals surface area contributed by atoms with Gasteiger partial charge in [-0.05, 0) is 43.4 Å². The van der Waals surface area contributed by atoms with Gasteiger partial charge in [-0.15, -0.1) is 0 Å². The number of benzene rings is 1. The average molecular weight is 423 g/mol. The van der Waals surface area contributed by atoms with E-state index in [1.54, 1.807) is 0 Å². The lowest BCUT2D eigenvalue weighted by Gasteiger charge is -2.29. The summed E-state index contributed by atoms with van der Waals surface area (Å²) < 4.78 is 4.02. The smallest absolute Gasteiger partial charge is 0.131 e. The average Bonchev–Trinajstić information content (AvgIpc) is 3.44.